The van der Waals surface area contributed by atoms with Gasteiger partial charge < -0.3 is 19.5 Å². The van der Waals surface area contributed by atoms with E-state index in [0.29, 0.717) is 12.4 Å². The summed E-state index contributed by atoms with van der Waals surface area (Å²) in [7, 11) is 3.14. The summed E-state index contributed by atoms with van der Waals surface area (Å²) < 4.78 is 16.5. The Labute approximate surface area is 208 Å². The van der Waals surface area contributed by atoms with E-state index in [-0.39, 0.29) is 24.3 Å². The van der Waals surface area contributed by atoms with Crippen molar-refractivity contribution >= 4 is 22.7 Å². The minimum atomic E-state index is -0.477. The van der Waals surface area contributed by atoms with Crippen LogP contribution in [0, 0.1) is 5.92 Å². The highest BCUT2D eigenvalue weighted by atomic mass is 16.7. The molecule has 2 aliphatic heterocycles. The molecule has 192 valence electrons. The molecule has 1 N–H and O–H groups in total. The van der Waals surface area contributed by atoms with E-state index in [2.05, 4.69) is 15.1 Å². The number of aromatic nitrogens is 2. The summed E-state index contributed by atoms with van der Waals surface area (Å²) in [6.07, 6.45) is 3.44. The first-order valence-corrected chi connectivity index (χ1v) is 12.7. The number of piperazine rings is 1. The van der Waals surface area contributed by atoms with E-state index in [9.17, 15) is 4.79 Å². The molecule has 0 spiro atoms. The normalized spacial score (nSPS) is 22.9. The number of hydrogen-bond acceptors (Lipinski definition) is 9. The van der Waals surface area contributed by atoms with Crippen LogP contribution in [0.1, 0.15) is 38.9 Å². The SMILES string of the molecule is COC(=O)[C@@H](Nc1nc(CN2CCN(CC3CCCC(OC)O3)CC2)nc2ccccc12)C(C)C. The molecular weight excluding hydrogens is 446 g/mol. The molecule has 0 amide bonds. The van der Waals surface area contributed by atoms with Gasteiger partial charge in [0.15, 0.2) is 6.29 Å². The quantitative estimate of drug-likeness (QED) is 0.539. The highest BCUT2D eigenvalue weighted by molar-refractivity contribution is 5.91. The van der Waals surface area contributed by atoms with E-state index in [0.717, 1.165) is 68.7 Å². The fourth-order valence-corrected chi connectivity index (χ4v) is 4.87. The Morgan fingerprint density at radius 3 is 2.57 bits per heavy atom. The van der Waals surface area contributed by atoms with Crippen LogP contribution < -0.4 is 5.32 Å². The van der Waals surface area contributed by atoms with Gasteiger partial charge >= 0.3 is 5.97 Å². The first-order chi connectivity index (χ1) is 17.0. The third-order valence-corrected chi connectivity index (χ3v) is 6.93. The maximum Gasteiger partial charge on any atom is 0.328 e. The number of carbonyl (C=O) groups excluding carboxylic acids is 1. The number of benzene rings is 1. The van der Waals surface area contributed by atoms with E-state index < -0.39 is 6.04 Å². The van der Waals surface area contributed by atoms with Gasteiger partial charge in [0.1, 0.15) is 17.7 Å². The Morgan fingerprint density at radius 1 is 1.11 bits per heavy atom. The number of fused-ring (bicyclic) bond motifs is 1. The van der Waals surface area contributed by atoms with Crippen molar-refractivity contribution in [2.45, 2.75) is 58.1 Å². The number of rotatable bonds is 9. The number of esters is 1. The minimum Gasteiger partial charge on any atom is -0.467 e. The van der Waals surface area contributed by atoms with Crippen molar-refractivity contribution in [3.63, 3.8) is 0 Å². The van der Waals surface area contributed by atoms with Gasteiger partial charge in [-0.05, 0) is 37.3 Å². The summed E-state index contributed by atoms with van der Waals surface area (Å²) in [6, 6.07) is 7.43. The predicted molar refractivity (Wildman–Crippen MR) is 135 cm³/mol. The maximum atomic E-state index is 12.3. The highest BCUT2D eigenvalue weighted by Crippen LogP contribution is 2.24. The van der Waals surface area contributed by atoms with E-state index in [1.807, 2.05) is 38.1 Å². The van der Waals surface area contributed by atoms with Crippen molar-refractivity contribution in [2.24, 2.45) is 5.92 Å². The predicted octanol–water partition coefficient (Wildman–Crippen LogP) is 2.90. The Morgan fingerprint density at radius 2 is 1.86 bits per heavy atom. The summed E-state index contributed by atoms with van der Waals surface area (Å²) >= 11 is 0. The van der Waals surface area contributed by atoms with Crippen molar-refractivity contribution in [3.8, 4) is 0 Å². The van der Waals surface area contributed by atoms with Gasteiger partial charge in [-0.25, -0.2) is 14.8 Å². The van der Waals surface area contributed by atoms with Crippen LogP contribution in [0.5, 0.6) is 0 Å². The third-order valence-electron chi connectivity index (χ3n) is 6.93. The first-order valence-electron chi connectivity index (χ1n) is 12.7. The van der Waals surface area contributed by atoms with Gasteiger partial charge in [0, 0.05) is 45.2 Å². The van der Waals surface area contributed by atoms with Gasteiger partial charge in [-0.3, -0.25) is 9.80 Å². The lowest BCUT2D eigenvalue weighted by Gasteiger charge is -2.38. The molecule has 9 nitrogen and oxygen atoms in total. The second-order valence-corrected chi connectivity index (χ2v) is 9.83. The summed E-state index contributed by atoms with van der Waals surface area (Å²) in [5, 5.41) is 4.23. The third kappa shape index (κ3) is 6.67. The smallest absolute Gasteiger partial charge is 0.328 e. The number of para-hydroxylation sites is 1. The monoisotopic (exact) mass is 485 g/mol. The van der Waals surface area contributed by atoms with Crippen molar-refractivity contribution in [1.82, 2.24) is 19.8 Å². The number of methoxy groups -OCH3 is 2. The molecule has 2 aromatic rings. The zero-order valence-electron chi connectivity index (χ0n) is 21.4. The Kier molecular flexibility index (Phi) is 8.89. The molecule has 2 aliphatic rings. The van der Waals surface area contributed by atoms with Crippen LogP contribution in [0.3, 0.4) is 0 Å². The maximum absolute atomic E-state index is 12.3. The van der Waals surface area contributed by atoms with Gasteiger partial charge in [-0.1, -0.05) is 26.0 Å². The highest BCUT2D eigenvalue weighted by Gasteiger charge is 2.27. The van der Waals surface area contributed by atoms with Gasteiger partial charge in [-0.2, -0.15) is 0 Å². The Balaban J connectivity index is 1.40. The molecule has 1 aromatic heterocycles. The van der Waals surface area contributed by atoms with Crippen LogP contribution in [-0.2, 0) is 25.5 Å². The van der Waals surface area contributed by atoms with Crippen LogP contribution in [-0.4, -0.2) is 91.1 Å². The van der Waals surface area contributed by atoms with E-state index in [1.54, 1.807) is 7.11 Å². The number of nitrogens with zero attached hydrogens (tertiary/aromatic N) is 4. The van der Waals surface area contributed by atoms with Gasteiger partial charge in [0.25, 0.3) is 0 Å². The van der Waals surface area contributed by atoms with Crippen LogP contribution in [0.15, 0.2) is 24.3 Å². The average molecular weight is 486 g/mol. The van der Waals surface area contributed by atoms with Crippen molar-refractivity contribution in [3.05, 3.63) is 30.1 Å². The molecule has 3 heterocycles. The van der Waals surface area contributed by atoms with E-state index in [4.69, 9.17) is 24.2 Å². The largest absolute Gasteiger partial charge is 0.467 e. The lowest BCUT2D eigenvalue weighted by atomic mass is 10.0. The van der Waals surface area contributed by atoms with Crippen molar-refractivity contribution in [1.29, 1.82) is 0 Å². The Hall–Kier alpha value is -2.33. The van der Waals surface area contributed by atoms with E-state index >= 15 is 0 Å². The summed E-state index contributed by atoms with van der Waals surface area (Å²) in [4.78, 5) is 26.9. The van der Waals surface area contributed by atoms with Crippen molar-refractivity contribution in [2.75, 3.05) is 52.3 Å². The molecule has 9 heteroatoms. The zero-order chi connectivity index (χ0) is 24.8. The number of ether oxygens (including phenoxy) is 3. The molecule has 0 bridgehead atoms. The topological polar surface area (TPSA) is 89.1 Å². The van der Waals surface area contributed by atoms with Gasteiger partial charge in [0.2, 0.25) is 0 Å². The molecule has 3 atom stereocenters. The van der Waals surface area contributed by atoms with Crippen LogP contribution in [0.25, 0.3) is 10.9 Å². The lowest BCUT2D eigenvalue weighted by Crippen LogP contribution is -2.49. The Bertz CT molecular complexity index is 979. The molecule has 0 radical (unpaired) electrons. The number of hydrogen-bond donors (Lipinski definition) is 1. The molecule has 4 rings (SSSR count). The zero-order valence-corrected chi connectivity index (χ0v) is 21.4. The molecule has 1 aromatic carbocycles. The molecule has 2 saturated heterocycles. The number of nitrogens with one attached hydrogen (secondary N) is 1. The number of anilines is 1. The minimum absolute atomic E-state index is 0.0556. The molecule has 2 fully saturated rings. The van der Waals surface area contributed by atoms with Crippen LogP contribution in [0.4, 0.5) is 5.82 Å². The van der Waals surface area contributed by atoms with Crippen LogP contribution in [0.2, 0.25) is 0 Å². The second-order valence-electron chi connectivity index (χ2n) is 9.83. The first kappa shape index (κ1) is 25.8. The molecule has 0 aliphatic carbocycles. The fraction of sp³-hybridized carbons (Fsp3) is 0.654. The van der Waals surface area contributed by atoms with Gasteiger partial charge in [-0.15, -0.1) is 0 Å². The fourth-order valence-electron chi connectivity index (χ4n) is 4.87. The molecule has 2 unspecified atom stereocenters. The van der Waals surface area contributed by atoms with E-state index in [1.165, 1.54) is 7.11 Å². The summed E-state index contributed by atoms with van der Waals surface area (Å²) in [5.74, 6) is 1.19. The van der Waals surface area contributed by atoms with Crippen LogP contribution >= 0.6 is 0 Å². The summed E-state index contributed by atoms with van der Waals surface area (Å²) in [5.41, 5.74) is 0.869. The standard InChI is InChI=1S/C26H39N5O4/c1-18(2)24(26(32)34-4)29-25-20-9-5-6-10-21(20)27-22(28-25)17-31-14-12-30(13-15-31)16-19-8-7-11-23(33-3)35-19/h5-6,9-10,18-19,23-24H,7-8,11-17H2,1-4H3,(H,27,28,29)/t19?,23?,24-/m0/s1. The molecule has 35 heavy (non-hydrogen) atoms. The summed E-state index contributed by atoms with van der Waals surface area (Å²) in [6.45, 7) is 9.51. The lowest BCUT2D eigenvalue weighted by molar-refractivity contribution is -0.184. The number of carbonyl (C=O) groups is 1. The van der Waals surface area contributed by atoms with Crippen molar-refractivity contribution < 1.29 is 19.0 Å². The van der Waals surface area contributed by atoms with Gasteiger partial charge in [0.05, 0.1) is 25.3 Å². The molecule has 0 saturated carbocycles. The average Bonchev–Trinajstić information content (AvgIpc) is 2.87. The second kappa shape index (κ2) is 12.1. The molecular formula is C26H39N5O4.